The molecule has 1 aliphatic heterocycles. The number of aromatic nitrogens is 2. The minimum Gasteiger partial charge on any atom is -0.355 e. The van der Waals surface area contributed by atoms with E-state index in [0.717, 1.165) is 24.6 Å². The van der Waals surface area contributed by atoms with Crippen LogP contribution in [-0.2, 0) is 9.84 Å². The van der Waals surface area contributed by atoms with Gasteiger partial charge in [0.15, 0.2) is 9.84 Å². The van der Waals surface area contributed by atoms with Gasteiger partial charge in [0.05, 0.1) is 11.5 Å². The molecular formula is C14H25N5O2S. The second-order valence-electron chi connectivity index (χ2n) is 6.09. The Balaban J connectivity index is 2.08. The normalized spacial score (nSPS) is 20.3. The van der Waals surface area contributed by atoms with E-state index in [0.29, 0.717) is 12.4 Å². The van der Waals surface area contributed by atoms with Crippen molar-refractivity contribution < 1.29 is 8.42 Å². The number of hydrogen-bond donors (Lipinski definition) is 1. The van der Waals surface area contributed by atoms with Crippen LogP contribution in [0.25, 0.3) is 0 Å². The van der Waals surface area contributed by atoms with Gasteiger partial charge in [0.25, 0.3) is 0 Å². The number of hydrogen-bond acceptors (Lipinski definition) is 7. The van der Waals surface area contributed by atoms with Crippen LogP contribution in [0, 0.1) is 6.92 Å². The molecule has 2 rings (SSSR count). The van der Waals surface area contributed by atoms with Gasteiger partial charge in [-0.05, 0) is 27.4 Å². The molecule has 2 heterocycles. The first-order valence-corrected chi connectivity index (χ1v) is 9.26. The molecule has 1 aliphatic rings. The summed E-state index contributed by atoms with van der Waals surface area (Å²) < 4.78 is 23.3. The van der Waals surface area contributed by atoms with Crippen molar-refractivity contribution in [2.75, 3.05) is 56.0 Å². The van der Waals surface area contributed by atoms with Crippen LogP contribution in [0.2, 0.25) is 0 Å². The zero-order valence-electron chi connectivity index (χ0n) is 13.7. The summed E-state index contributed by atoms with van der Waals surface area (Å²) in [6, 6.07) is 1.89. The third-order valence-corrected chi connectivity index (χ3v) is 5.55. The standard InChI is InChI=1S/C14H25N5O2S/c1-11-9-13(17-14(16-11)15-6-7-18(2)3)19(4)12-5-8-22(20,21)10-12/h9,12H,5-8,10H2,1-4H3,(H,15,16,17). The predicted octanol–water partition coefficient (Wildman–Crippen LogP) is 0.382. The fourth-order valence-electron chi connectivity index (χ4n) is 2.47. The molecule has 1 atom stereocenters. The van der Waals surface area contributed by atoms with Crippen LogP contribution in [0.5, 0.6) is 0 Å². The molecule has 0 spiro atoms. The lowest BCUT2D eigenvalue weighted by Gasteiger charge is -2.25. The maximum absolute atomic E-state index is 11.6. The number of sulfone groups is 1. The van der Waals surface area contributed by atoms with Gasteiger partial charge in [0, 0.05) is 37.9 Å². The lowest BCUT2D eigenvalue weighted by atomic mass is 10.2. The van der Waals surface area contributed by atoms with Crippen molar-refractivity contribution in [2.45, 2.75) is 19.4 Å². The Morgan fingerprint density at radius 1 is 1.32 bits per heavy atom. The molecule has 8 heteroatoms. The van der Waals surface area contributed by atoms with Crippen molar-refractivity contribution in [1.29, 1.82) is 0 Å². The molecule has 0 aromatic carbocycles. The highest BCUT2D eigenvalue weighted by Gasteiger charge is 2.31. The Kier molecular flexibility index (Phi) is 5.23. The zero-order valence-corrected chi connectivity index (χ0v) is 14.5. The van der Waals surface area contributed by atoms with Gasteiger partial charge in [-0.15, -0.1) is 0 Å². The van der Waals surface area contributed by atoms with Crippen LogP contribution in [0.1, 0.15) is 12.1 Å². The molecule has 0 aliphatic carbocycles. The van der Waals surface area contributed by atoms with E-state index < -0.39 is 9.84 Å². The lowest BCUT2D eigenvalue weighted by molar-refractivity contribution is 0.425. The van der Waals surface area contributed by atoms with Gasteiger partial charge in [-0.2, -0.15) is 4.98 Å². The average molecular weight is 327 g/mol. The molecule has 1 fully saturated rings. The van der Waals surface area contributed by atoms with Crippen molar-refractivity contribution >= 4 is 21.6 Å². The maximum atomic E-state index is 11.6. The first kappa shape index (κ1) is 17.0. The molecule has 0 bridgehead atoms. The quantitative estimate of drug-likeness (QED) is 0.809. The molecule has 7 nitrogen and oxygen atoms in total. The van der Waals surface area contributed by atoms with Crippen LogP contribution >= 0.6 is 0 Å². The van der Waals surface area contributed by atoms with E-state index in [4.69, 9.17) is 0 Å². The number of rotatable bonds is 6. The van der Waals surface area contributed by atoms with Crippen molar-refractivity contribution in [1.82, 2.24) is 14.9 Å². The monoisotopic (exact) mass is 327 g/mol. The number of nitrogens with zero attached hydrogens (tertiary/aromatic N) is 4. The topological polar surface area (TPSA) is 78.4 Å². The second-order valence-corrected chi connectivity index (χ2v) is 8.32. The summed E-state index contributed by atoms with van der Waals surface area (Å²) in [6.07, 6.45) is 0.658. The molecule has 1 saturated heterocycles. The van der Waals surface area contributed by atoms with Gasteiger partial charge in [-0.1, -0.05) is 0 Å². The molecule has 0 saturated carbocycles. The van der Waals surface area contributed by atoms with E-state index in [-0.39, 0.29) is 17.5 Å². The summed E-state index contributed by atoms with van der Waals surface area (Å²) in [5.74, 6) is 1.82. The Morgan fingerprint density at radius 3 is 2.64 bits per heavy atom. The maximum Gasteiger partial charge on any atom is 0.224 e. The summed E-state index contributed by atoms with van der Waals surface area (Å²) in [5.41, 5.74) is 0.866. The summed E-state index contributed by atoms with van der Waals surface area (Å²) in [5, 5.41) is 3.21. The Hall–Kier alpha value is -1.41. The number of nitrogens with one attached hydrogen (secondary N) is 1. The van der Waals surface area contributed by atoms with Crippen LogP contribution < -0.4 is 10.2 Å². The smallest absolute Gasteiger partial charge is 0.224 e. The van der Waals surface area contributed by atoms with Gasteiger partial charge in [-0.3, -0.25) is 0 Å². The molecule has 1 aromatic heterocycles. The Morgan fingerprint density at radius 2 is 2.05 bits per heavy atom. The Labute approximate surface area is 132 Å². The van der Waals surface area contributed by atoms with Crippen molar-refractivity contribution in [3.63, 3.8) is 0 Å². The second kappa shape index (κ2) is 6.78. The fraction of sp³-hybridized carbons (Fsp3) is 0.714. The van der Waals surface area contributed by atoms with E-state index in [2.05, 4.69) is 20.2 Å². The van der Waals surface area contributed by atoms with E-state index in [9.17, 15) is 8.42 Å². The molecule has 124 valence electrons. The molecule has 1 aromatic rings. The summed E-state index contributed by atoms with van der Waals surface area (Å²) >= 11 is 0. The van der Waals surface area contributed by atoms with Crippen molar-refractivity contribution in [3.05, 3.63) is 11.8 Å². The van der Waals surface area contributed by atoms with Crippen molar-refractivity contribution in [2.24, 2.45) is 0 Å². The molecular weight excluding hydrogens is 302 g/mol. The third-order valence-electron chi connectivity index (χ3n) is 3.80. The van der Waals surface area contributed by atoms with Gasteiger partial charge < -0.3 is 15.1 Å². The number of aryl methyl sites for hydroxylation is 1. The van der Waals surface area contributed by atoms with Gasteiger partial charge in [-0.25, -0.2) is 13.4 Å². The van der Waals surface area contributed by atoms with Gasteiger partial charge in [0.2, 0.25) is 5.95 Å². The lowest BCUT2D eigenvalue weighted by Crippen LogP contribution is -2.33. The summed E-state index contributed by atoms with van der Waals surface area (Å²) in [7, 11) is 3.03. The highest BCUT2D eigenvalue weighted by atomic mass is 32.2. The largest absolute Gasteiger partial charge is 0.355 e. The average Bonchev–Trinajstić information content (AvgIpc) is 2.77. The van der Waals surface area contributed by atoms with E-state index in [1.807, 2.05) is 39.0 Å². The van der Waals surface area contributed by atoms with Gasteiger partial charge in [0.1, 0.15) is 5.82 Å². The summed E-state index contributed by atoms with van der Waals surface area (Å²) in [6.45, 7) is 3.57. The third kappa shape index (κ3) is 4.54. The van der Waals surface area contributed by atoms with Crippen LogP contribution in [0.4, 0.5) is 11.8 Å². The van der Waals surface area contributed by atoms with Crippen LogP contribution in [0.3, 0.4) is 0 Å². The minimum absolute atomic E-state index is 0.00562. The van der Waals surface area contributed by atoms with E-state index >= 15 is 0 Å². The molecule has 1 unspecified atom stereocenters. The van der Waals surface area contributed by atoms with Crippen LogP contribution in [-0.4, -0.2) is 75.1 Å². The Bertz CT molecular complexity index is 618. The first-order chi connectivity index (χ1) is 10.3. The summed E-state index contributed by atoms with van der Waals surface area (Å²) in [4.78, 5) is 12.9. The molecule has 22 heavy (non-hydrogen) atoms. The number of likely N-dealkylation sites (N-methyl/N-ethyl adjacent to an activating group) is 1. The van der Waals surface area contributed by atoms with Crippen LogP contribution in [0.15, 0.2) is 6.07 Å². The minimum atomic E-state index is -2.90. The van der Waals surface area contributed by atoms with E-state index in [1.54, 1.807) is 0 Å². The predicted molar refractivity (Wildman–Crippen MR) is 89.3 cm³/mol. The first-order valence-electron chi connectivity index (χ1n) is 7.44. The molecule has 0 radical (unpaired) electrons. The van der Waals surface area contributed by atoms with Gasteiger partial charge >= 0.3 is 0 Å². The molecule has 1 N–H and O–H groups in total. The number of anilines is 2. The fourth-order valence-corrected chi connectivity index (χ4v) is 4.25. The highest BCUT2D eigenvalue weighted by Crippen LogP contribution is 2.22. The molecule has 0 amide bonds. The van der Waals surface area contributed by atoms with E-state index in [1.165, 1.54) is 0 Å². The zero-order chi connectivity index (χ0) is 16.3. The SMILES string of the molecule is Cc1cc(N(C)C2CCS(=O)(=O)C2)nc(NCCN(C)C)n1. The van der Waals surface area contributed by atoms with Crippen molar-refractivity contribution in [3.8, 4) is 0 Å². The highest BCUT2D eigenvalue weighted by molar-refractivity contribution is 7.91.